The first-order valence-electron chi connectivity index (χ1n) is 8.67. The van der Waals surface area contributed by atoms with E-state index in [4.69, 9.17) is 37.9 Å². The third kappa shape index (κ3) is 4.49. The van der Waals surface area contributed by atoms with Crippen molar-refractivity contribution in [3.8, 4) is 6.07 Å². The highest BCUT2D eigenvalue weighted by Crippen LogP contribution is 2.43. The molecular formula is C20H20Cl2N2O4. The monoisotopic (exact) mass is 426 g/mol. The average molecular weight is 427 g/mol. The number of hydrogen-bond donors (Lipinski definition) is 1. The molecule has 1 N–H and O–H groups in total. The van der Waals surface area contributed by atoms with Crippen LogP contribution in [0.5, 0.6) is 0 Å². The lowest BCUT2D eigenvalue weighted by Crippen LogP contribution is -2.32. The molecule has 1 aromatic carbocycles. The number of allylic oxidation sites excluding steroid dienone is 2. The number of halogens is 2. The Morgan fingerprint density at radius 3 is 2.32 bits per heavy atom. The Morgan fingerprint density at radius 1 is 1.14 bits per heavy atom. The maximum atomic E-state index is 12.8. The van der Waals surface area contributed by atoms with Gasteiger partial charge < -0.3 is 14.8 Å². The first kappa shape index (κ1) is 21.8. The lowest BCUT2D eigenvalue weighted by molar-refractivity contribution is -0.139. The van der Waals surface area contributed by atoms with Crippen molar-refractivity contribution in [2.75, 3.05) is 13.2 Å². The van der Waals surface area contributed by atoms with Gasteiger partial charge in [-0.2, -0.15) is 5.26 Å². The standard InChI is InChI=1S/C20H20Cl2N2O4/c1-4-27-19(25)15-11(2)24-12(3)16(20(26)28-10-6-9-23)17(15)13-7-5-8-14(21)18(13)22/h5,7-8,17,24H,4,6,10H2,1-3H3/i2+1,11+1,15+1,19+1. The topological polar surface area (TPSA) is 88.4 Å². The van der Waals surface area contributed by atoms with Crippen LogP contribution in [0.25, 0.3) is 0 Å². The number of benzene rings is 1. The Kier molecular flexibility index (Phi) is 7.50. The molecule has 0 amide bonds. The quantitative estimate of drug-likeness (QED) is 0.415. The molecule has 0 aliphatic carbocycles. The minimum Gasteiger partial charge on any atom is -0.463 e. The van der Waals surface area contributed by atoms with Crippen LogP contribution < -0.4 is 5.32 Å². The van der Waals surface area contributed by atoms with Gasteiger partial charge in [-0.25, -0.2) is 9.59 Å². The van der Waals surface area contributed by atoms with Gasteiger partial charge in [0.2, 0.25) is 0 Å². The van der Waals surface area contributed by atoms with Crippen LogP contribution in [-0.4, -0.2) is 25.2 Å². The number of nitrogens with one attached hydrogen (secondary N) is 1. The van der Waals surface area contributed by atoms with Gasteiger partial charge in [-0.15, -0.1) is 0 Å². The largest absolute Gasteiger partial charge is 0.463 e. The SMILES string of the molecule is CCO[13C](=O)[13C]1=[13C]([13CH3])NC(C)=C(C(=O)OCCC#N)C1c1cccc(Cl)c1Cl. The van der Waals surface area contributed by atoms with Crippen molar-refractivity contribution in [3.63, 3.8) is 0 Å². The van der Waals surface area contributed by atoms with Gasteiger partial charge in [-0.1, -0.05) is 35.3 Å². The van der Waals surface area contributed by atoms with Crippen LogP contribution in [-0.2, 0) is 19.1 Å². The smallest absolute Gasteiger partial charge is 0.336 e. The van der Waals surface area contributed by atoms with Gasteiger partial charge in [-0.05, 0) is 32.4 Å². The van der Waals surface area contributed by atoms with Crippen molar-refractivity contribution in [1.82, 2.24) is 5.32 Å². The number of carbonyl (C=O) groups is 2. The van der Waals surface area contributed by atoms with E-state index in [0.717, 1.165) is 0 Å². The molecule has 1 heterocycles. The molecule has 1 atom stereocenters. The van der Waals surface area contributed by atoms with Crippen LogP contribution in [0.15, 0.2) is 40.7 Å². The first-order valence-corrected chi connectivity index (χ1v) is 9.42. The summed E-state index contributed by atoms with van der Waals surface area (Å²) < 4.78 is 10.4. The summed E-state index contributed by atoms with van der Waals surface area (Å²) in [5.74, 6) is -2.03. The fourth-order valence-electron chi connectivity index (χ4n) is 3.07. The highest BCUT2D eigenvalue weighted by Gasteiger charge is 2.39. The van der Waals surface area contributed by atoms with Crippen LogP contribution >= 0.6 is 23.2 Å². The van der Waals surface area contributed by atoms with Crippen molar-refractivity contribution in [1.29, 1.82) is 5.26 Å². The maximum Gasteiger partial charge on any atom is 0.336 e. The van der Waals surface area contributed by atoms with Crippen molar-refractivity contribution in [2.24, 2.45) is 0 Å². The minimum absolute atomic E-state index is 0.0560. The molecule has 0 saturated heterocycles. The fraction of sp³-hybridized carbons (Fsp3) is 0.350. The highest BCUT2D eigenvalue weighted by molar-refractivity contribution is 6.42. The number of dihydropyridines is 1. The van der Waals surface area contributed by atoms with Gasteiger partial charge in [0.1, 0.15) is 6.61 Å². The summed E-state index contributed by atoms with van der Waals surface area (Å²) >= 11 is 12.6. The number of hydrogen-bond acceptors (Lipinski definition) is 6. The molecular weight excluding hydrogens is 407 g/mol. The lowest BCUT2D eigenvalue weighted by Gasteiger charge is -2.31. The lowest BCUT2D eigenvalue weighted by atomic mass is 9.93. The number of esters is 2. The molecule has 0 saturated carbocycles. The van der Waals surface area contributed by atoms with Crippen LogP contribution in [0.3, 0.4) is 0 Å². The van der Waals surface area contributed by atoms with Crippen molar-refractivity contribution in [3.05, 3.63) is 56.3 Å². The number of nitrogens with zero attached hydrogens (tertiary/aromatic N) is 1. The summed E-state index contributed by atoms with van der Waals surface area (Å²) in [6.45, 7) is 5.25. The molecule has 6 nitrogen and oxygen atoms in total. The zero-order valence-electron chi connectivity index (χ0n) is 15.8. The van der Waals surface area contributed by atoms with E-state index >= 15 is 0 Å². The summed E-state index contributed by atoms with van der Waals surface area (Å²) in [7, 11) is 0. The fourth-order valence-corrected chi connectivity index (χ4v) is 3.48. The van der Waals surface area contributed by atoms with E-state index in [1.165, 1.54) is 0 Å². The molecule has 148 valence electrons. The van der Waals surface area contributed by atoms with Gasteiger partial charge in [0.25, 0.3) is 0 Å². The van der Waals surface area contributed by atoms with Gasteiger partial charge in [-0.3, -0.25) is 0 Å². The summed E-state index contributed by atoms with van der Waals surface area (Å²) in [6, 6.07) is 6.93. The molecule has 0 aromatic heterocycles. The summed E-state index contributed by atoms with van der Waals surface area (Å²) in [5.41, 5.74) is 2.03. The second-order valence-electron chi connectivity index (χ2n) is 6.04. The molecule has 28 heavy (non-hydrogen) atoms. The summed E-state index contributed by atoms with van der Waals surface area (Å²) in [5, 5.41) is 12.3. The molecule has 2 rings (SSSR count). The minimum atomic E-state index is -0.818. The molecule has 1 unspecified atom stereocenters. The molecule has 1 aliphatic heterocycles. The second kappa shape index (κ2) is 9.63. The van der Waals surface area contributed by atoms with Crippen molar-refractivity contribution in [2.45, 2.75) is 33.1 Å². The van der Waals surface area contributed by atoms with Gasteiger partial charge in [0.15, 0.2) is 0 Å². The Balaban J connectivity index is 2.63. The molecule has 0 fully saturated rings. The predicted molar refractivity (Wildman–Crippen MR) is 106 cm³/mol. The van der Waals surface area contributed by atoms with Crippen LogP contribution in [0.4, 0.5) is 0 Å². The van der Waals surface area contributed by atoms with Gasteiger partial charge in [0.05, 0.1) is 46.2 Å². The Bertz CT molecular complexity index is 900. The molecule has 1 aromatic rings. The Morgan fingerprint density at radius 2 is 1.75 bits per heavy atom. The second-order valence-corrected chi connectivity index (χ2v) is 6.83. The normalized spacial score (nSPS) is 16.4. The van der Waals surface area contributed by atoms with E-state index in [1.54, 1.807) is 39.0 Å². The van der Waals surface area contributed by atoms with E-state index in [-0.39, 0.29) is 35.8 Å². The summed E-state index contributed by atoms with van der Waals surface area (Å²) in [6.07, 6.45) is 0.0632. The average Bonchev–Trinajstić information content (AvgIpc) is 2.63. The van der Waals surface area contributed by atoms with E-state index in [0.29, 0.717) is 22.0 Å². The third-order valence-corrected chi connectivity index (χ3v) is 5.05. The first-order chi connectivity index (χ1) is 13.3. The number of ether oxygens (including phenoxy) is 2. The van der Waals surface area contributed by atoms with Crippen molar-refractivity contribution < 1.29 is 19.1 Å². The third-order valence-electron chi connectivity index (χ3n) is 4.22. The van der Waals surface area contributed by atoms with Crippen LogP contribution in [0, 0.1) is 11.3 Å². The summed E-state index contributed by atoms with van der Waals surface area (Å²) in [4.78, 5) is 25.5. The molecule has 8 heteroatoms. The van der Waals surface area contributed by atoms with Gasteiger partial charge in [0, 0.05) is 11.4 Å². The van der Waals surface area contributed by atoms with Gasteiger partial charge >= 0.3 is 11.9 Å². The highest BCUT2D eigenvalue weighted by atomic mass is 35.5. The van der Waals surface area contributed by atoms with E-state index in [2.05, 4.69) is 5.32 Å². The Labute approximate surface area is 173 Å². The Hall–Kier alpha value is -2.49. The molecule has 0 spiro atoms. The van der Waals surface area contributed by atoms with E-state index < -0.39 is 17.9 Å². The van der Waals surface area contributed by atoms with E-state index in [1.807, 2.05) is 6.07 Å². The molecule has 1 aliphatic rings. The zero-order chi connectivity index (χ0) is 20.8. The zero-order valence-corrected chi connectivity index (χ0v) is 17.3. The number of rotatable bonds is 6. The molecule has 0 radical (unpaired) electrons. The maximum absolute atomic E-state index is 12.8. The number of nitriles is 1. The number of carbonyl (C=O) groups excluding carboxylic acids is 2. The van der Waals surface area contributed by atoms with Crippen LogP contribution in [0.1, 0.15) is 38.7 Å². The van der Waals surface area contributed by atoms with Crippen molar-refractivity contribution >= 4 is 35.1 Å². The predicted octanol–water partition coefficient (Wildman–Crippen LogP) is 4.25. The molecule has 0 bridgehead atoms. The van der Waals surface area contributed by atoms with E-state index in [9.17, 15) is 9.59 Å². The van der Waals surface area contributed by atoms with Crippen LogP contribution in [0.2, 0.25) is 10.0 Å².